The Labute approximate surface area is 155 Å². The fraction of sp³-hybridized carbons (Fsp3) is 0.556. The molecule has 7 nitrogen and oxygen atoms in total. The molecule has 144 valence electrons. The Bertz CT molecular complexity index is 766. The fourth-order valence-corrected chi connectivity index (χ4v) is 4.68. The first kappa shape index (κ1) is 20.4. The second-order valence-electron chi connectivity index (χ2n) is 6.23. The number of ether oxygens (including phenoxy) is 1. The van der Waals surface area contributed by atoms with Crippen LogP contribution < -0.4 is 0 Å². The summed E-state index contributed by atoms with van der Waals surface area (Å²) < 4.78 is 31.9. The maximum Gasteiger partial charge on any atom is 0.338 e. The van der Waals surface area contributed by atoms with Gasteiger partial charge in [-0.2, -0.15) is 4.31 Å². The monoisotopic (exact) mass is 382 g/mol. The molecule has 1 amide bonds. The highest BCUT2D eigenvalue weighted by atomic mass is 32.2. The number of likely N-dealkylation sites (tertiary alicyclic amines) is 1. The molecular weight excluding hydrogens is 356 g/mol. The number of rotatable bonds is 7. The van der Waals surface area contributed by atoms with Gasteiger partial charge in [-0.05, 0) is 37.5 Å². The van der Waals surface area contributed by atoms with Gasteiger partial charge in [0.15, 0.2) is 6.61 Å². The highest BCUT2D eigenvalue weighted by molar-refractivity contribution is 7.89. The third-order valence-corrected chi connectivity index (χ3v) is 6.72. The summed E-state index contributed by atoms with van der Waals surface area (Å²) in [5, 5.41) is 0. The van der Waals surface area contributed by atoms with E-state index in [9.17, 15) is 18.0 Å². The fourth-order valence-electron chi connectivity index (χ4n) is 2.98. The van der Waals surface area contributed by atoms with Gasteiger partial charge >= 0.3 is 5.97 Å². The van der Waals surface area contributed by atoms with Crippen LogP contribution in [0.5, 0.6) is 0 Å². The summed E-state index contributed by atoms with van der Waals surface area (Å²) in [6.45, 7) is 6.94. The molecule has 0 aromatic heterocycles. The van der Waals surface area contributed by atoms with Crippen LogP contribution in [0.3, 0.4) is 0 Å². The van der Waals surface area contributed by atoms with Gasteiger partial charge in [0.25, 0.3) is 5.91 Å². The summed E-state index contributed by atoms with van der Waals surface area (Å²) in [6, 6.07) is 4.42. The van der Waals surface area contributed by atoms with Crippen molar-refractivity contribution in [2.75, 3.05) is 32.8 Å². The van der Waals surface area contributed by atoms with E-state index in [1.807, 2.05) is 0 Å². The first-order chi connectivity index (χ1) is 12.3. The molecule has 0 bridgehead atoms. The lowest BCUT2D eigenvalue weighted by atomic mass is 10.1. The highest BCUT2D eigenvalue weighted by Gasteiger charge is 2.25. The minimum Gasteiger partial charge on any atom is -0.452 e. The Morgan fingerprint density at radius 2 is 1.77 bits per heavy atom. The van der Waals surface area contributed by atoms with Crippen molar-refractivity contribution >= 4 is 21.9 Å². The molecule has 26 heavy (non-hydrogen) atoms. The Kier molecular flexibility index (Phi) is 6.77. The number of benzene rings is 1. The summed E-state index contributed by atoms with van der Waals surface area (Å²) in [4.78, 5) is 26.0. The minimum absolute atomic E-state index is 0.0847. The van der Waals surface area contributed by atoms with E-state index in [0.29, 0.717) is 31.7 Å². The SMILES string of the molecule is CCN(CC)S(=O)(=O)c1cc(C(=O)OCC(=O)N2CCCC2)ccc1C. The summed E-state index contributed by atoms with van der Waals surface area (Å²) in [6.07, 6.45) is 1.93. The molecule has 0 radical (unpaired) electrons. The lowest BCUT2D eigenvalue weighted by Gasteiger charge is -2.20. The van der Waals surface area contributed by atoms with Gasteiger partial charge in [0.1, 0.15) is 0 Å². The topological polar surface area (TPSA) is 84.0 Å². The maximum atomic E-state index is 12.7. The summed E-state index contributed by atoms with van der Waals surface area (Å²) in [5.41, 5.74) is 0.678. The Balaban J connectivity index is 2.15. The van der Waals surface area contributed by atoms with Gasteiger partial charge < -0.3 is 9.64 Å². The molecule has 0 aliphatic carbocycles. The lowest BCUT2D eigenvalue weighted by Crippen LogP contribution is -2.32. The zero-order valence-corrected chi connectivity index (χ0v) is 16.3. The van der Waals surface area contributed by atoms with Gasteiger partial charge in [-0.1, -0.05) is 19.9 Å². The van der Waals surface area contributed by atoms with Crippen LogP contribution in [0.4, 0.5) is 0 Å². The number of amides is 1. The second-order valence-corrected chi connectivity index (χ2v) is 8.14. The van der Waals surface area contributed by atoms with Crippen molar-refractivity contribution in [3.05, 3.63) is 29.3 Å². The molecule has 0 unspecified atom stereocenters. The van der Waals surface area contributed by atoms with Crippen molar-refractivity contribution in [1.82, 2.24) is 9.21 Å². The van der Waals surface area contributed by atoms with Crippen molar-refractivity contribution in [3.63, 3.8) is 0 Å². The van der Waals surface area contributed by atoms with Gasteiger partial charge in [0.2, 0.25) is 10.0 Å². The predicted molar refractivity (Wildman–Crippen MR) is 97.4 cm³/mol. The first-order valence-corrected chi connectivity index (χ1v) is 10.3. The summed E-state index contributed by atoms with van der Waals surface area (Å²) in [5.74, 6) is -0.924. The van der Waals surface area contributed by atoms with E-state index in [4.69, 9.17) is 4.74 Å². The molecule has 1 aliphatic rings. The number of hydrogen-bond donors (Lipinski definition) is 0. The van der Waals surface area contributed by atoms with E-state index in [2.05, 4.69) is 0 Å². The Morgan fingerprint density at radius 3 is 2.35 bits per heavy atom. The van der Waals surface area contributed by atoms with E-state index in [0.717, 1.165) is 12.8 Å². The van der Waals surface area contributed by atoms with E-state index >= 15 is 0 Å². The van der Waals surface area contributed by atoms with Gasteiger partial charge in [-0.25, -0.2) is 13.2 Å². The largest absolute Gasteiger partial charge is 0.452 e. The molecule has 1 fully saturated rings. The van der Waals surface area contributed by atoms with E-state index in [1.165, 1.54) is 16.4 Å². The third kappa shape index (κ3) is 4.42. The van der Waals surface area contributed by atoms with Crippen LogP contribution in [0.25, 0.3) is 0 Å². The normalized spacial score (nSPS) is 14.7. The van der Waals surface area contributed by atoms with E-state index in [1.54, 1.807) is 31.7 Å². The summed E-state index contributed by atoms with van der Waals surface area (Å²) in [7, 11) is -3.68. The molecule has 1 heterocycles. The quantitative estimate of drug-likeness (QED) is 0.672. The number of nitrogens with zero attached hydrogens (tertiary/aromatic N) is 2. The Morgan fingerprint density at radius 1 is 1.15 bits per heavy atom. The van der Waals surface area contributed by atoms with Crippen LogP contribution in [0.1, 0.15) is 42.6 Å². The molecule has 0 N–H and O–H groups in total. The Hall–Kier alpha value is -1.93. The highest BCUT2D eigenvalue weighted by Crippen LogP contribution is 2.22. The zero-order valence-electron chi connectivity index (χ0n) is 15.5. The van der Waals surface area contributed by atoms with Gasteiger partial charge in [-0.15, -0.1) is 0 Å². The van der Waals surface area contributed by atoms with Crippen molar-refractivity contribution in [2.45, 2.75) is 38.5 Å². The average molecular weight is 382 g/mol. The van der Waals surface area contributed by atoms with Crippen molar-refractivity contribution < 1.29 is 22.7 Å². The molecule has 0 saturated carbocycles. The molecule has 8 heteroatoms. The van der Waals surface area contributed by atoms with Crippen molar-refractivity contribution in [1.29, 1.82) is 0 Å². The van der Waals surface area contributed by atoms with E-state index in [-0.39, 0.29) is 23.0 Å². The molecule has 2 rings (SSSR count). The number of carbonyl (C=O) groups is 2. The number of aryl methyl sites for hydroxylation is 1. The van der Waals surface area contributed by atoms with Crippen LogP contribution in [0.2, 0.25) is 0 Å². The van der Waals surface area contributed by atoms with Crippen LogP contribution in [-0.4, -0.2) is 62.3 Å². The first-order valence-electron chi connectivity index (χ1n) is 8.87. The number of esters is 1. The molecule has 1 saturated heterocycles. The number of carbonyl (C=O) groups excluding carboxylic acids is 2. The van der Waals surface area contributed by atoms with Crippen LogP contribution in [-0.2, 0) is 19.6 Å². The van der Waals surface area contributed by atoms with Gasteiger partial charge in [0.05, 0.1) is 10.5 Å². The molecule has 0 spiro atoms. The van der Waals surface area contributed by atoms with Gasteiger partial charge in [0, 0.05) is 26.2 Å². The summed E-state index contributed by atoms with van der Waals surface area (Å²) >= 11 is 0. The van der Waals surface area contributed by atoms with Crippen LogP contribution in [0, 0.1) is 6.92 Å². The number of hydrogen-bond acceptors (Lipinski definition) is 5. The smallest absolute Gasteiger partial charge is 0.338 e. The molecule has 1 aromatic carbocycles. The maximum absolute atomic E-state index is 12.7. The lowest BCUT2D eigenvalue weighted by molar-refractivity contribution is -0.133. The molecular formula is C18H26N2O5S. The number of sulfonamides is 1. The zero-order chi connectivity index (χ0) is 19.3. The predicted octanol–water partition coefficient (Wildman–Crippen LogP) is 1.80. The van der Waals surface area contributed by atoms with Crippen LogP contribution in [0.15, 0.2) is 23.1 Å². The molecule has 0 atom stereocenters. The van der Waals surface area contributed by atoms with Crippen molar-refractivity contribution in [2.24, 2.45) is 0 Å². The average Bonchev–Trinajstić information content (AvgIpc) is 3.15. The van der Waals surface area contributed by atoms with Crippen LogP contribution >= 0.6 is 0 Å². The standard InChI is InChI=1S/C18H26N2O5S/c1-4-20(5-2)26(23,24)16-12-15(9-8-14(16)3)18(22)25-13-17(21)19-10-6-7-11-19/h8-9,12H,4-7,10-11,13H2,1-3H3. The molecule has 1 aromatic rings. The second kappa shape index (κ2) is 8.64. The third-order valence-electron chi connectivity index (χ3n) is 4.53. The van der Waals surface area contributed by atoms with E-state index < -0.39 is 16.0 Å². The van der Waals surface area contributed by atoms with Crippen molar-refractivity contribution in [3.8, 4) is 0 Å². The molecule has 1 aliphatic heterocycles. The minimum atomic E-state index is -3.68. The van der Waals surface area contributed by atoms with Gasteiger partial charge in [-0.3, -0.25) is 4.79 Å².